The molecule has 0 radical (unpaired) electrons. The fraction of sp³-hybridized carbons (Fsp3) is 0. The number of benzene rings is 8. The standard InChI is InChI=1S/C48H33N3/c1-5-13-45-41(9-1)42-10-2-6-14-46(42)50(45)39-29-21-35(22-30-39)33-17-25-37(26-18-33)49-38-27-19-34(20-28-38)36-23-31-40(32-24-36)51-47-15-7-3-11-43(47)44-12-4-8-16-48(44)51/h1-32,49H. The molecule has 0 atom stereocenters. The van der Waals surface area contributed by atoms with Gasteiger partial charge >= 0.3 is 0 Å². The summed E-state index contributed by atoms with van der Waals surface area (Å²) in [6.45, 7) is 0. The molecule has 0 aliphatic carbocycles. The average molecular weight is 652 g/mol. The van der Waals surface area contributed by atoms with Crippen molar-refractivity contribution >= 4 is 55.0 Å². The molecule has 10 aromatic rings. The maximum Gasteiger partial charge on any atom is 0.0541 e. The van der Waals surface area contributed by atoms with Gasteiger partial charge in [-0.2, -0.15) is 0 Å². The van der Waals surface area contributed by atoms with Gasteiger partial charge in [0, 0.05) is 44.3 Å². The molecule has 2 heterocycles. The van der Waals surface area contributed by atoms with Crippen LogP contribution in [-0.4, -0.2) is 9.13 Å². The van der Waals surface area contributed by atoms with Gasteiger partial charge in [-0.15, -0.1) is 0 Å². The van der Waals surface area contributed by atoms with E-state index in [4.69, 9.17) is 0 Å². The number of aromatic nitrogens is 2. The third kappa shape index (κ3) is 4.98. The van der Waals surface area contributed by atoms with Crippen molar-refractivity contribution in [3.8, 4) is 33.6 Å². The monoisotopic (exact) mass is 651 g/mol. The zero-order chi connectivity index (χ0) is 33.7. The Balaban J connectivity index is 0.853. The third-order valence-corrected chi connectivity index (χ3v) is 10.1. The van der Waals surface area contributed by atoms with Gasteiger partial charge in [-0.1, -0.05) is 121 Å². The Kier molecular flexibility index (Phi) is 6.81. The summed E-state index contributed by atoms with van der Waals surface area (Å²) in [7, 11) is 0. The summed E-state index contributed by atoms with van der Waals surface area (Å²) >= 11 is 0. The van der Waals surface area contributed by atoms with E-state index in [9.17, 15) is 0 Å². The van der Waals surface area contributed by atoms with Crippen molar-refractivity contribution in [2.24, 2.45) is 0 Å². The number of nitrogens with one attached hydrogen (secondary N) is 1. The van der Waals surface area contributed by atoms with Crippen molar-refractivity contribution in [2.75, 3.05) is 5.32 Å². The van der Waals surface area contributed by atoms with Crippen molar-refractivity contribution in [3.63, 3.8) is 0 Å². The molecule has 3 nitrogen and oxygen atoms in total. The van der Waals surface area contributed by atoms with Gasteiger partial charge in [0.2, 0.25) is 0 Å². The summed E-state index contributed by atoms with van der Waals surface area (Å²) in [5.41, 5.74) is 14.1. The molecule has 0 saturated heterocycles. The Morgan fingerprint density at radius 3 is 0.804 bits per heavy atom. The number of para-hydroxylation sites is 4. The van der Waals surface area contributed by atoms with Gasteiger partial charge in [0.1, 0.15) is 0 Å². The topological polar surface area (TPSA) is 21.9 Å². The Hall–Kier alpha value is -6.84. The molecule has 3 heteroatoms. The fourth-order valence-electron chi connectivity index (χ4n) is 7.67. The first kappa shape index (κ1) is 29.1. The molecule has 8 aromatic carbocycles. The smallest absolute Gasteiger partial charge is 0.0541 e. The highest BCUT2D eigenvalue weighted by atomic mass is 15.0. The van der Waals surface area contributed by atoms with Crippen LogP contribution < -0.4 is 5.32 Å². The van der Waals surface area contributed by atoms with Crippen molar-refractivity contribution in [1.82, 2.24) is 9.13 Å². The minimum atomic E-state index is 1.06. The van der Waals surface area contributed by atoms with Crippen molar-refractivity contribution < 1.29 is 0 Å². The van der Waals surface area contributed by atoms with Gasteiger partial charge in [0.05, 0.1) is 22.1 Å². The fourth-order valence-corrected chi connectivity index (χ4v) is 7.67. The van der Waals surface area contributed by atoms with Crippen molar-refractivity contribution in [3.05, 3.63) is 194 Å². The lowest BCUT2D eigenvalue weighted by Gasteiger charge is -2.11. The van der Waals surface area contributed by atoms with Crippen LogP contribution >= 0.6 is 0 Å². The largest absolute Gasteiger partial charge is 0.356 e. The zero-order valence-electron chi connectivity index (χ0n) is 27.9. The highest BCUT2D eigenvalue weighted by Gasteiger charge is 2.13. The molecular weight excluding hydrogens is 619 g/mol. The number of nitrogens with zero attached hydrogens (tertiary/aromatic N) is 2. The second-order valence-corrected chi connectivity index (χ2v) is 13.1. The Labute approximate surface area is 296 Å². The van der Waals surface area contributed by atoms with Gasteiger partial charge in [-0.25, -0.2) is 0 Å². The van der Waals surface area contributed by atoms with E-state index in [1.807, 2.05) is 0 Å². The molecule has 0 unspecified atom stereocenters. The maximum atomic E-state index is 3.58. The van der Waals surface area contributed by atoms with E-state index in [1.54, 1.807) is 0 Å². The normalized spacial score (nSPS) is 11.5. The minimum absolute atomic E-state index is 1.06. The first-order valence-electron chi connectivity index (χ1n) is 17.4. The second kappa shape index (κ2) is 11.9. The molecule has 240 valence electrons. The summed E-state index contributed by atoms with van der Waals surface area (Å²) in [5.74, 6) is 0. The summed E-state index contributed by atoms with van der Waals surface area (Å²) in [6.07, 6.45) is 0. The molecular formula is C48H33N3. The van der Waals surface area contributed by atoms with Crippen LogP contribution in [0.1, 0.15) is 0 Å². The molecule has 0 aliphatic heterocycles. The van der Waals surface area contributed by atoms with Crippen LogP contribution in [-0.2, 0) is 0 Å². The Morgan fingerprint density at radius 1 is 0.255 bits per heavy atom. The number of anilines is 2. The van der Waals surface area contributed by atoms with Gasteiger partial charge in [0.25, 0.3) is 0 Å². The SMILES string of the molecule is c1ccc2c(c1)c1ccccc1n2-c1ccc(-c2ccc(Nc3ccc(-c4ccc(-n5c6ccccc6c6ccccc65)cc4)cc3)cc2)cc1. The Morgan fingerprint density at radius 2 is 0.510 bits per heavy atom. The molecule has 0 saturated carbocycles. The molecule has 0 amide bonds. The van der Waals surface area contributed by atoms with E-state index in [-0.39, 0.29) is 0 Å². The minimum Gasteiger partial charge on any atom is -0.356 e. The van der Waals surface area contributed by atoms with Gasteiger partial charge < -0.3 is 14.5 Å². The van der Waals surface area contributed by atoms with Crippen LogP contribution in [0.25, 0.3) is 77.2 Å². The van der Waals surface area contributed by atoms with E-state index in [1.165, 1.54) is 65.9 Å². The first-order valence-corrected chi connectivity index (χ1v) is 17.4. The molecule has 0 spiro atoms. The zero-order valence-corrected chi connectivity index (χ0v) is 27.9. The van der Waals surface area contributed by atoms with Crippen LogP contribution in [0.2, 0.25) is 0 Å². The van der Waals surface area contributed by atoms with E-state index in [2.05, 4.69) is 209 Å². The van der Waals surface area contributed by atoms with E-state index in [0.29, 0.717) is 0 Å². The van der Waals surface area contributed by atoms with Crippen molar-refractivity contribution in [1.29, 1.82) is 0 Å². The summed E-state index contributed by atoms with van der Waals surface area (Å²) in [5, 5.41) is 8.69. The summed E-state index contributed by atoms with van der Waals surface area (Å²) < 4.78 is 4.71. The van der Waals surface area contributed by atoms with Crippen LogP contribution in [0, 0.1) is 0 Å². The van der Waals surface area contributed by atoms with Gasteiger partial charge in [-0.05, 0) is 95.1 Å². The predicted octanol–water partition coefficient (Wildman–Crippen LogP) is 13.0. The quantitative estimate of drug-likeness (QED) is 0.190. The first-order chi connectivity index (χ1) is 25.3. The lowest BCUT2D eigenvalue weighted by atomic mass is 10.0. The average Bonchev–Trinajstić information content (AvgIpc) is 3.72. The lowest BCUT2D eigenvalue weighted by Crippen LogP contribution is -1.94. The Bertz CT molecular complexity index is 2530. The highest BCUT2D eigenvalue weighted by molar-refractivity contribution is 6.10. The third-order valence-electron chi connectivity index (χ3n) is 10.1. The molecule has 0 fully saturated rings. The lowest BCUT2D eigenvalue weighted by molar-refractivity contribution is 1.18. The van der Waals surface area contributed by atoms with Crippen LogP contribution in [0.5, 0.6) is 0 Å². The summed E-state index contributed by atoms with van der Waals surface area (Å²) in [6, 6.07) is 69.7. The second-order valence-electron chi connectivity index (χ2n) is 13.1. The van der Waals surface area contributed by atoms with Gasteiger partial charge in [-0.3, -0.25) is 0 Å². The summed E-state index contributed by atoms with van der Waals surface area (Å²) in [4.78, 5) is 0. The molecule has 2 aromatic heterocycles. The van der Waals surface area contributed by atoms with E-state index < -0.39 is 0 Å². The molecule has 1 N–H and O–H groups in total. The number of hydrogen-bond acceptors (Lipinski definition) is 1. The molecule has 0 bridgehead atoms. The number of rotatable bonds is 6. The van der Waals surface area contributed by atoms with Gasteiger partial charge in [0.15, 0.2) is 0 Å². The predicted molar refractivity (Wildman–Crippen MR) is 216 cm³/mol. The maximum absolute atomic E-state index is 3.58. The molecule has 51 heavy (non-hydrogen) atoms. The number of hydrogen-bond donors (Lipinski definition) is 1. The molecule has 0 aliphatic rings. The highest BCUT2D eigenvalue weighted by Crippen LogP contribution is 2.35. The number of fused-ring (bicyclic) bond motifs is 6. The van der Waals surface area contributed by atoms with E-state index in [0.717, 1.165) is 22.7 Å². The van der Waals surface area contributed by atoms with Crippen molar-refractivity contribution in [2.45, 2.75) is 0 Å². The molecule has 10 rings (SSSR count). The van der Waals surface area contributed by atoms with E-state index >= 15 is 0 Å². The van der Waals surface area contributed by atoms with Crippen LogP contribution in [0.4, 0.5) is 11.4 Å². The van der Waals surface area contributed by atoms with Crippen LogP contribution in [0.3, 0.4) is 0 Å². The van der Waals surface area contributed by atoms with Crippen LogP contribution in [0.15, 0.2) is 194 Å².